The van der Waals surface area contributed by atoms with Gasteiger partial charge in [0.15, 0.2) is 0 Å². The number of carbonyl (C=O) groups excluding carboxylic acids is 1. The fourth-order valence-corrected chi connectivity index (χ4v) is 4.06. The summed E-state index contributed by atoms with van der Waals surface area (Å²) in [6.07, 6.45) is 3.29. The summed E-state index contributed by atoms with van der Waals surface area (Å²) in [5.74, 6) is 1.81. The van der Waals surface area contributed by atoms with Crippen molar-refractivity contribution in [2.75, 3.05) is 18.4 Å². The van der Waals surface area contributed by atoms with E-state index in [4.69, 9.17) is 4.52 Å². The van der Waals surface area contributed by atoms with E-state index in [2.05, 4.69) is 41.4 Å². The monoisotopic (exact) mass is 418 g/mol. The molecule has 1 atom stereocenters. The summed E-state index contributed by atoms with van der Waals surface area (Å²) >= 11 is 0. The highest BCUT2D eigenvalue weighted by atomic mass is 16.5. The molecule has 0 bridgehead atoms. The van der Waals surface area contributed by atoms with Gasteiger partial charge in [-0.05, 0) is 61.4 Å². The number of amides is 1. The highest BCUT2D eigenvalue weighted by molar-refractivity contribution is 5.95. The van der Waals surface area contributed by atoms with Crippen LogP contribution in [0.3, 0.4) is 0 Å². The zero-order valence-corrected chi connectivity index (χ0v) is 18.5. The summed E-state index contributed by atoms with van der Waals surface area (Å²) < 4.78 is 5.40. The lowest BCUT2D eigenvalue weighted by molar-refractivity contribution is 0.0683. The van der Waals surface area contributed by atoms with E-state index in [1.54, 1.807) is 0 Å². The molecule has 1 fully saturated rings. The van der Waals surface area contributed by atoms with Crippen molar-refractivity contribution >= 4 is 11.6 Å². The number of nitrogens with zero attached hydrogens (tertiary/aromatic N) is 3. The molecule has 2 heterocycles. The summed E-state index contributed by atoms with van der Waals surface area (Å²) in [6.45, 7) is 8.47. The van der Waals surface area contributed by atoms with E-state index >= 15 is 0 Å². The molecular formula is C25H30N4O2. The number of aryl methyl sites for hydroxylation is 2. The van der Waals surface area contributed by atoms with Crippen molar-refractivity contribution in [1.29, 1.82) is 0 Å². The summed E-state index contributed by atoms with van der Waals surface area (Å²) in [5, 5.41) is 7.44. The molecule has 6 heteroatoms. The highest BCUT2D eigenvalue weighted by Gasteiger charge is 2.22. The minimum atomic E-state index is 0.122. The predicted octanol–water partition coefficient (Wildman–Crippen LogP) is 5.09. The molecule has 1 aromatic heterocycles. The lowest BCUT2D eigenvalue weighted by Gasteiger charge is -2.31. The zero-order chi connectivity index (χ0) is 21.8. The van der Waals surface area contributed by atoms with Gasteiger partial charge in [0.1, 0.15) is 0 Å². The molecule has 1 aliphatic heterocycles. The van der Waals surface area contributed by atoms with E-state index in [9.17, 15) is 4.79 Å². The summed E-state index contributed by atoms with van der Waals surface area (Å²) in [7, 11) is 0. The number of piperidine rings is 1. The van der Waals surface area contributed by atoms with Gasteiger partial charge in [-0.15, -0.1) is 0 Å². The fraction of sp³-hybridized carbons (Fsp3) is 0.400. The lowest BCUT2D eigenvalue weighted by Crippen LogP contribution is -2.39. The van der Waals surface area contributed by atoms with Gasteiger partial charge in [0.25, 0.3) is 5.91 Å². The van der Waals surface area contributed by atoms with Gasteiger partial charge in [0, 0.05) is 29.9 Å². The van der Waals surface area contributed by atoms with E-state index in [0.29, 0.717) is 24.2 Å². The Morgan fingerprint density at radius 2 is 2.03 bits per heavy atom. The SMILES string of the molecule is CCc1ccc(-c2noc(CNc3ccc(C(=O)N4CCCC(C)C4)cc3C)n2)cc1. The Bertz CT molecular complexity index is 1040. The average Bonchev–Trinajstić information content (AvgIpc) is 3.27. The van der Waals surface area contributed by atoms with Crippen LogP contribution in [0.25, 0.3) is 11.4 Å². The molecule has 1 N–H and O–H groups in total. The number of rotatable bonds is 6. The van der Waals surface area contributed by atoms with Crippen LogP contribution in [0.5, 0.6) is 0 Å². The molecule has 0 radical (unpaired) electrons. The maximum absolute atomic E-state index is 12.8. The van der Waals surface area contributed by atoms with Crippen LogP contribution in [0.1, 0.15) is 54.1 Å². The maximum Gasteiger partial charge on any atom is 0.253 e. The molecule has 1 saturated heterocycles. The van der Waals surface area contributed by atoms with Gasteiger partial charge < -0.3 is 14.7 Å². The molecule has 3 aromatic rings. The third-order valence-corrected chi connectivity index (χ3v) is 5.94. The van der Waals surface area contributed by atoms with Crippen molar-refractivity contribution < 1.29 is 9.32 Å². The third kappa shape index (κ3) is 4.95. The Labute approximate surface area is 183 Å². The molecule has 6 nitrogen and oxygen atoms in total. The smallest absolute Gasteiger partial charge is 0.253 e. The standard InChI is InChI=1S/C25H30N4O2/c1-4-19-7-9-20(10-8-19)24-27-23(31-28-24)15-26-22-12-11-21(14-18(22)3)25(30)29-13-5-6-17(2)16-29/h7-12,14,17,26H,4-6,13,15-16H2,1-3H3. The van der Waals surface area contributed by atoms with Crippen LogP contribution in [0.4, 0.5) is 5.69 Å². The number of aromatic nitrogens is 2. The Hall–Kier alpha value is -3.15. The normalized spacial score (nSPS) is 16.4. The van der Waals surface area contributed by atoms with Crippen LogP contribution in [0.2, 0.25) is 0 Å². The lowest BCUT2D eigenvalue weighted by atomic mass is 9.99. The van der Waals surface area contributed by atoms with E-state index < -0.39 is 0 Å². The van der Waals surface area contributed by atoms with Crippen LogP contribution in [0, 0.1) is 12.8 Å². The number of benzene rings is 2. The summed E-state index contributed by atoms with van der Waals surface area (Å²) in [5.41, 5.74) is 4.94. The first-order valence-corrected chi connectivity index (χ1v) is 11.1. The van der Waals surface area contributed by atoms with Crippen molar-refractivity contribution in [2.45, 2.75) is 46.6 Å². The molecule has 4 rings (SSSR count). The van der Waals surface area contributed by atoms with Gasteiger partial charge in [-0.25, -0.2) is 0 Å². The molecule has 2 aromatic carbocycles. The van der Waals surface area contributed by atoms with Gasteiger partial charge in [0.05, 0.1) is 6.54 Å². The van der Waals surface area contributed by atoms with Crippen LogP contribution in [0.15, 0.2) is 47.0 Å². The van der Waals surface area contributed by atoms with E-state index in [1.165, 1.54) is 12.0 Å². The van der Waals surface area contributed by atoms with Crippen molar-refractivity contribution in [3.8, 4) is 11.4 Å². The topological polar surface area (TPSA) is 71.3 Å². The first-order valence-electron chi connectivity index (χ1n) is 11.1. The minimum Gasteiger partial charge on any atom is -0.376 e. The van der Waals surface area contributed by atoms with Crippen LogP contribution in [-0.4, -0.2) is 34.0 Å². The molecular weight excluding hydrogens is 388 g/mol. The Kier molecular flexibility index (Phi) is 6.35. The van der Waals surface area contributed by atoms with Crippen molar-refractivity contribution in [3.05, 3.63) is 65.0 Å². The number of hydrogen-bond donors (Lipinski definition) is 1. The largest absolute Gasteiger partial charge is 0.376 e. The third-order valence-electron chi connectivity index (χ3n) is 5.94. The number of anilines is 1. The van der Waals surface area contributed by atoms with Gasteiger partial charge in [-0.3, -0.25) is 4.79 Å². The van der Waals surface area contributed by atoms with E-state index in [0.717, 1.165) is 48.3 Å². The first kappa shape index (κ1) is 21.1. The molecule has 0 aliphatic carbocycles. The molecule has 1 aliphatic rings. The highest BCUT2D eigenvalue weighted by Crippen LogP contribution is 2.22. The minimum absolute atomic E-state index is 0.122. The summed E-state index contributed by atoms with van der Waals surface area (Å²) in [4.78, 5) is 19.3. The van der Waals surface area contributed by atoms with E-state index in [-0.39, 0.29) is 5.91 Å². The molecule has 1 amide bonds. The predicted molar refractivity (Wildman–Crippen MR) is 122 cm³/mol. The fourth-order valence-electron chi connectivity index (χ4n) is 4.06. The summed E-state index contributed by atoms with van der Waals surface area (Å²) in [6, 6.07) is 14.0. The van der Waals surface area contributed by atoms with Gasteiger partial charge in [-0.2, -0.15) is 4.98 Å². The van der Waals surface area contributed by atoms with Crippen LogP contribution in [-0.2, 0) is 13.0 Å². The second-order valence-corrected chi connectivity index (χ2v) is 8.44. The van der Waals surface area contributed by atoms with E-state index in [1.807, 2.05) is 42.2 Å². The number of likely N-dealkylation sites (tertiary alicyclic amines) is 1. The second kappa shape index (κ2) is 9.33. The van der Waals surface area contributed by atoms with Crippen molar-refractivity contribution in [2.24, 2.45) is 5.92 Å². The van der Waals surface area contributed by atoms with Gasteiger partial charge >= 0.3 is 0 Å². The number of carbonyl (C=O) groups is 1. The van der Waals surface area contributed by atoms with Crippen molar-refractivity contribution in [1.82, 2.24) is 15.0 Å². The quantitative estimate of drug-likeness (QED) is 0.604. The van der Waals surface area contributed by atoms with Gasteiger partial charge in [0.2, 0.25) is 11.7 Å². The van der Waals surface area contributed by atoms with Gasteiger partial charge in [-0.1, -0.05) is 43.3 Å². The van der Waals surface area contributed by atoms with Crippen LogP contribution >= 0.6 is 0 Å². The maximum atomic E-state index is 12.8. The second-order valence-electron chi connectivity index (χ2n) is 8.44. The Morgan fingerprint density at radius 1 is 1.23 bits per heavy atom. The molecule has 31 heavy (non-hydrogen) atoms. The molecule has 1 unspecified atom stereocenters. The average molecular weight is 419 g/mol. The van der Waals surface area contributed by atoms with Crippen molar-refractivity contribution in [3.63, 3.8) is 0 Å². The van der Waals surface area contributed by atoms with Crippen LogP contribution < -0.4 is 5.32 Å². The molecule has 162 valence electrons. The zero-order valence-electron chi connectivity index (χ0n) is 18.5. The first-order chi connectivity index (χ1) is 15.0. The Morgan fingerprint density at radius 3 is 2.74 bits per heavy atom. The number of nitrogens with one attached hydrogen (secondary N) is 1. The molecule has 0 spiro atoms. The molecule has 0 saturated carbocycles. The number of hydrogen-bond acceptors (Lipinski definition) is 5. The Balaban J connectivity index is 1.39.